The molecule has 3 N–H and O–H groups in total. The molecule has 1 amide bonds. The third-order valence-electron chi connectivity index (χ3n) is 3.86. The lowest BCUT2D eigenvalue weighted by atomic mass is 10.1. The third-order valence-corrected chi connectivity index (χ3v) is 4.08. The summed E-state index contributed by atoms with van der Waals surface area (Å²) in [5, 5.41) is 3.00. The molecule has 1 aromatic carbocycles. The van der Waals surface area contributed by atoms with E-state index in [1.54, 1.807) is 6.07 Å². The van der Waals surface area contributed by atoms with Crippen LogP contribution in [0.5, 0.6) is 0 Å². The number of alkyl halides is 3. The van der Waals surface area contributed by atoms with Gasteiger partial charge in [0.25, 0.3) is 5.91 Å². The van der Waals surface area contributed by atoms with Crippen LogP contribution in [-0.4, -0.2) is 34.6 Å². The molecule has 2 aromatic heterocycles. The van der Waals surface area contributed by atoms with E-state index in [2.05, 4.69) is 20.0 Å². The molecule has 0 spiro atoms. The summed E-state index contributed by atoms with van der Waals surface area (Å²) in [6.45, 7) is -1.87. The van der Waals surface area contributed by atoms with Gasteiger partial charge >= 0.3 is 12.1 Å². The number of benzene rings is 1. The molecule has 0 aliphatic carbocycles. The van der Waals surface area contributed by atoms with Crippen LogP contribution in [0.2, 0.25) is 5.02 Å². The number of nitrogens with one attached hydrogen (secondary N) is 1. The van der Waals surface area contributed by atoms with Crippen molar-refractivity contribution in [3.8, 4) is 0 Å². The van der Waals surface area contributed by atoms with Crippen molar-refractivity contribution < 1.29 is 31.9 Å². The highest BCUT2D eigenvalue weighted by atomic mass is 35.5. The Labute approximate surface area is 177 Å². The lowest BCUT2D eigenvalue weighted by Gasteiger charge is -2.08. The highest BCUT2D eigenvalue weighted by Crippen LogP contribution is 2.28. The molecule has 0 saturated heterocycles. The highest BCUT2D eigenvalue weighted by molar-refractivity contribution is 6.32. The second kappa shape index (κ2) is 9.04. The van der Waals surface area contributed by atoms with Crippen LogP contribution in [0, 0.1) is 0 Å². The number of nitrogens with two attached hydrogens (primary N) is 1. The molecule has 12 heteroatoms. The van der Waals surface area contributed by atoms with Crippen LogP contribution in [0.4, 0.5) is 13.2 Å². The van der Waals surface area contributed by atoms with E-state index in [4.69, 9.17) is 21.8 Å². The van der Waals surface area contributed by atoms with Crippen LogP contribution < -0.4 is 11.1 Å². The minimum atomic E-state index is -4.68. The summed E-state index contributed by atoms with van der Waals surface area (Å²) in [6.07, 6.45) is -0.733. The normalized spacial score (nSPS) is 12.1. The predicted octanol–water partition coefficient (Wildman–Crippen LogP) is 3.21. The van der Waals surface area contributed by atoms with E-state index in [0.29, 0.717) is 5.39 Å². The molecule has 162 valence electrons. The van der Waals surface area contributed by atoms with Crippen molar-refractivity contribution in [3.05, 3.63) is 65.0 Å². The second-order valence-electron chi connectivity index (χ2n) is 6.11. The Morgan fingerprint density at radius 2 is 1.94 bits per heavy atom. The third kappa shape index (κ3) is 5.51. The van der Waals surface area contributed by atoms with E-state index in [-0.39, 0.29) is 39.9 Å². The first-order valence-corrected chi connectivity index (χ1v) is 8.99. The maximum absolute atomic E-state index is 12.4. The Morgan fingerprint density at radius 3 is 2.58 bits per heavy atom. The van der Waals surface area contributed by atoms with E-state index in [1.807, 2.05) is 0 Å². The first-order chi connectivity index (χ1) is 14.7. The van der Waals surface area contributed by atoms with E-state index in [1.165, 1.54) is 24.5 Å². The molecule has 8 nitrogen and oxygen atoms in total. The summed E-state index contributed by atoms with van der Waals surface area (Å²) < 4.78 is 46.8. The molecule has 0 saturated carbocycles. The maximum atomic E-state index is 12.4. The fraction of sp³-hybridized carbons (Fsp3) is 0.158. The molecular formula is C19H14ClF3N4O4. The Hall–Kier alpha value is -3.60. The molecule has 0 unspecified atom stereocenters. The fourth-order valence-electron chi connectivity index (χ4n) is 2.59. The minimum absolute atomic E-state index is 0.0242. The molecule has 3 aromatic rings. The molecular weight excluding hydrogens is 441 g/mol. The van der Waals surface area contributed by atoms with Crippen molar-refractivity contribution in [1.82, 2.24) is 15.3 Å². The number of fused-ring (bicyclic) bond motifs is 1. The van der Waals surface area contributed by atoms with Gasteiger partial charge in [-0.25, -0.2) is 14.8 Å². The van der Waals surface area contributed by atoms with Crippen LogP contribution >= 0.6 is 11.6 Å². The Bertz CT molecular complexity index is 1150. The number of nitrogens with zero attached hydrogens (tertiary/aromatic N) is 2. The molecule has 0 aliphatic heterocycles. The largest absolute Gasteiger partial charge is 0.458 e. The number of halogens is 4. The maximum Gasteiger partial charge on any atom is 0.422 e. The van der Waals surface area contributed by atoms with Crippen LogP contribution in [-0.2, 0) is 16.1 Å². The van der Waals surface area contributed by atoms with Gasteiger partial charge in [-0.05, 0) is 24.3 Å². The fourth-order valence-corrected chi connectivity index (χ4v) is 2.81. The van der Waals surface area contributed by atoms with Gasteiger partial charge in [-0.2, -0.15) is 13.2 Å². The van der Waals surface area contributed by atoms with Crippen LogP contribution in [0.3, 0.4) is 0 Å². The summed E-state index contributed by atoms with van der Waals surface area (Å²) in [4.78, 5) is 32.4. The second-order valence-corrected chi connectivity index (χ2v) is 6.55. The number of esters is 1. The number of hydrogen-bond donors (Lipinski definition) is 2. The first-order valence-electron chi connectivity index (χ1n) is 8.61. The van der Waals surface area contributed by atoms with Crippen molar-refractivity contribution in [1.29, 1.82) is 0 Å². The topological polar surface area (TPSA) is 120 Å². The van der Waals surface area contributed by atoms with Crippen molar-refractivity contribution >= 4 is 40.0 Å². The lowest BCUT2D eigenvalue weighted by molar-refractivity contribution is -0.161. The summed E-state index contributed by atoms with van der Waals surface area (Å²) >= 11 is 5.95. The van der Waals surface area contributed by atoms with Gasteiger partial charge in [-0.1, -0.05) is 11.6 Å². The van der Waals surface area contributed by atoms with E-state index < -0.39 is 24.7 Å². The summed E-state index contributed by atoms with van der Waals surface area (Å²) in [5.41, 5.74) is 5.22. The van der Waals surface area contributed by atoms with Crippen molar-refractivity contribution in [3.63, 3.8) is 0 Å². The molecule has 0 radical (unpaired) electrons. The van der Waals surface area contributed by atoms with E-state index in [0.717, 1.165) is 12.3 Å². The van der Waals surface area contributed by atoms with Crippen molar-refractivity contribution in [2.75, 3.05) is 6.61 Å². The number of rotatable bonds is 6. The molecule has 2 heterocycles. The lowest BCUT2D eigenvalue weighted by Crippen LogP contribution is -2.25. The van der Waals surface area contributed by atoms with Crippen LogP contribution in [0.25, 0.3) is 16.5 Å². The van der Waals surface area contributed by atoms with Crippen LogP contribution in [0.15, 0.2) is 47.3 Å². The van der Waals surface area contributed by atoms with E-state index in [9.17, 15) is 22.8 Å². The monoisotopic (exact) mass is 454 g/mol. The Balaban J connectivity index is 1.78. The van der Waals surface area contributed by atoms with Gasteiger partial charge < -0.3 is 20.2 Å². The smallest absolute Gasteiger partial charge is 0.422 e. The van der Waals surface area contributed by atoms with Gasteiger partial charge in [-0.3, -0.25) is 4.79 Å². The van der Waals surface area contributed by atoms with Crippen LogP contribution in [0.1, 0.15) is 21.9 Å². The number of ether oxygens (including phenoxy) is 1. The van der Waals surface area contributed by atoms with Crippen molar-refractivity contribution in [2.24, 2.45) is 5.73 Å². The quantitative estimate of drug-likeness (QED) is 0.433. The molecule has 3 rings (SSSR count). The zero-order valence-electron chi connectivity index (χ0n) is 15.6. The first kappa shape index (κ1) is 22.1. The van der Waals surface area contributed by atoms with E-state index >= 15 is 0 Å². The summed E-state index contributed by atoms with van der Waals surface area (Å²) in [7, 11) is 0. The zero-order valence-corrected chi connectivity index (χ0v) is 16.3. The van der Waals surface area contributed by atoms with Gasteiger partial charge in [-0.15, -0.1) is 0 Å². The number of hydrogen-bond acceptors (Lipinski definition) is 7. The highest BCUT2D eigenvalue weighted by Gasteiger charge is 2.30. The average molecular weight is 455 g/mol. The number of carbonyl (C=O) groups excluding carboxylic acids is 2. The molecule has 0 fully saturated rings. The van der Waals surface area contributed by atoms with Gasteiger partial charge in [0.2, 0.25) is 0 Å². The predicted molar refractivity (Wildman–Crippen MR) is 104 cm³/mol. The van der Waals surface area contributed by atoms with Crippen molar-refractivity contribution in [2.45, 2.75) is 12.7 Å². The molecule has 31 heavy (non-hydrogen) atoms. The summed E-state index contributed by atoms with van der Waals surface area (Å²) in [6, 6.07) is 5.64. The molecule has 0 aliphatic rings. The SMILES string of the molecule is N/C=C(/C(=O)NCc1cc2cc(Cl)cc(C(=O)OCC(F)(F)F)c2o1)c1ncccn1. The number of aromatic nitrogens is 2. The zero-order chi connectivity index (χ0) is 22.6. The Morgan fingerprint density at radius 1 is 1.23 bits per heavy atom. The van der Waals surface area contributed by atoms with Gasteiger partial charge in [0.1, 0.15) is 16.9 Å². The number of amides is 1. The standard InChI is InChI=1S/C19H14ClF3N4O4/c20-11-4-10-5-12(8-27-17(28)14(7-24)16-25-2-1-3-26-16)31-15(10)13(6-11)18(29)30-9-19(21,22)23/h1-7H,8-9,24H2,(H,27,28)/b14-7+. The average Bonchev–Trinajstić information content (AvgIpc) is 3.13. The van der Waals surface area contributed by atoms with Gasteiger partial charge in [0, 0.05) is 29.0 Å². The molecule has 0 bridgehead atoms. The van der Waals surface area contributed by atoms with Gasteiger partial charge in [0.05, 0.1) is 12.1 Å². The van der Waals surface area contributed by atoms with Gasteiger partial charge in [0.15, 0.2) is 12.4 Å². The number of furan rings is 1. The Kier molecular flexibility index (Phi) is 6.44. The summed E-state index contributed by atoms with van der Waals surface area (Å²) in [5.74, 6) is -1.50. The minimum Gasteiger partial charge on any atom is -0.458 e. The molecule has 0 atom stereocenters. The number of carbonyl (C=O) groups is 2.